The molecule has 0 heterocycles. The van der Waals surface area contributed by atoms with E-state index in [4.69, 9.17) is 0 Å². The minimum absolute atomic E-state index is 0.457. The Kier molecular flexibility index (Phi) is 6.16. The summed E-state index contributed by atoms with van der Waals surface area (Å²) in [5.74, 6) is 0.399. The van der Waals surface area contributed by atoms with Gasteiger partial charge in [0.25, 0.3) is 0 Å². The second kappa shape index (κ2) is 7.88. The quantitative estimate of drug-likeness (QED) is 0.811. The molecule has 0 radical (unpaired) electrons. The summed E-state index contributed by atoms with van der Waals surface area (Å²) in [6.07, 6.45) is 5.47. The van der Waals surface area contributed by atoms with Crippen LogP contribution in [0.1, 0.15) is 45.1 Å². The van der Waals surface area contributed by atoms with E-state index in [1.807, 2.05) is 0 Å². The standard InChI is InChI=1S/C18H27F2N/c1-3-13-8-9-15(12-21-4-2)16(10-13)11-14-6-5-7-17(19)18(14)20/h5-7,13,15-16,21H,3-4,8-12H2,1-2H3. The average molecular weight is 295 g/mol. The van der Waals surface area contributed by atoms with Crippen molar-refractivity contribution < 1.29 is 8.78 Å². The van der Waals surface area contributed by atoms with Gasteiger partial charge in [-0.05, 0) is 61.7 Å². The summed E-state index contributed by atoms with van der Waals surface area (Å²) in [4.78, 5) is 0. The molecule has 0 bridgehead atoms. The number of hydrogen-bond acceptors (Lipinski definition) is 1. The number of halogens is 2. The van der Waals surface area contributed by atoms with Crippen LogP contribution in [0.2, 0.25) is 0 Å². The fourth-order valence-electron chi connectivity index (χ4n) is 3.63. The third-order valence-electron chi connectivity index (χ3n) is 5.00. The van der Waals surface area contributed by atoms with E-state index in [0.717, 1.165) is 25.4 Å². The highest BCUT2D eigenvalue weighted by molar-refractivity contribution is 5.19. The lowest BCUT2D eigenvalue weighted by Gasteiger charge is -2.36. The van der Waals surface area contributed by atoms with E-state index in [-0.39, 0.29) is 0 Å². The Hall–Kier alpha value is -0.960. The molecule has 0 aromatic heterocycles. The molecule has 118 valence electrons. The van der Waals surface area contributed by atoms with E-state index < -0.39 is 11.6 Å². The lowest BCUT2D eigenvalue weighted by molar-refractivity contribution is 0.170. The summed E-state index contributed by atoms with van der Waals surface area (Å²) in [6.45, 7) is 6.30. The van der Waals surface area contributed by atoms with Gasteiger partial charge in [-0.15, -0.1) is 0 Å². The number of hydrogen-bond donors (Lipinski definition) is 1. The van der Waals surface area contributed by atoms with Gasteiger partial charge in [0.05, 0.1) is 0 Å². The number of benzene rings is 1. The minimum Gasteiger partial charge on any atom is -0.317 e. The van der Waals surface area contributed by atoms with Crippen LogP contribution in [0, 0.1) is 29.4 Å². The average Bonchev–Trinajstić information content (AvgIpc) is 2.50. The molecule has 3 heteroatoms. The van der Waals surface area contributed by atoms with E-state index in [1.165, 1.54) is 25.3 Å². The first-order valence-corrected chi connectivity index (χ1v) is 8.29. The number of rotatable bonds is 6. The zero-order valence-corrected chi connectivity index (χ0v) is 13.2. The van der Waals surface area contributed by atoms with Crippen molar-refractivity contribution in [2.75, 3.05) is 13.1 Å². The maximum atomic E-state index is 13.9. The molecular formula is C18H27F2N. The Morgan fingerprint density at radius 3 is 2.67 bits per heavy atom. The second-order valence-corrected chi connectivity index (χ2v) is 6.33. The molecule has 3 atom stereocenters. The van der Waals surface area contributed by atoms with Crippen LogP contribution in [0.15, 0.2) is 18.2 Å². The van der Waals surface area contributed by atoms with Crippen molar-refractivity contribution >= 4 is 0 Å². The van der Waals surface area contributed by atoms with Crippen molar-refractivity contribution in [3.63, 3.8) is 0 Å². The van der Waals surface area contributed by atoms with Crippen LogP contribution in [-0.2, 0) is 6.42 Å². The van der Waals surface area contributed by atoms with Crippen molar-refractivity contribution in [3.8, 4) is 0 Å². The van der Waals surface area contributed by atoms with Gasteiger partial charge >= 0.3 is 0 Å². The zero-order chi connectivity index (χ0) is 15.2. The Balaban J connectivity index is 2.09. The highest BCUT2D eigenvalue weighted by Gasteiger charge is 2.30. The van der Waals surface area contributed by atoms with Gasteiger partial charge in [0.2, 0.25) is 0 Å². The molecule has 1 fully saturated rings. The Morgan fingerprint density at radius 1 is 1.14 bits per heavy atom. The lowest BCUT2D eigenvalue weighted by atomic mass is 9.71. The Labute approximate surface area is 127 Å². The Morgan fingerprint density at radius 2 is 1.95 bits per heavy atom. The fourth-order valence-corrected chi connectivity index (χ4v) is 3.63. The summed E-state index contributed by atoms with van der Waals surface area (Å²) in [7, 11) is 0. The molecule has 1 aliphatic rings. The summed E-state index contributed by atoms with van der Waals surface area (Å²) in [6, 6.07) is 4.55. The van der Waals surface area contributed by atoms with Gasteiger partial charge in [-0.25, -0.2) is 8.78 Å². The van der Waals surface area contributed by atoms with Crippen LogP contribution in [0.25, 0.3) is 0 Å². The van der Waals surface area contributed by atoms with E-state index in [1.54, 1.807) is 12.1 Å². The van der Waals surface area contributed by atoms with E-state index in [0.29, 0.717) is 23.8 Å². The van der Waals surface area contributed by atoms with Gasteiger partial charge in [-0.1, -0.05) is 38.8 Å². The van der Waals surface area contributed by atoms with Gasteiger partial charge in [-0.3, -0.25) is 0 Å². The predicted molar refractivity (Wildman–Crippen MR) is 83.2 cm³/mol. The molecule has 1 aliphatic carbocycles. The summed E-state index contributed by atoms with van der Waals surface area (Å²) >= 11 is 0. The largest absolute Gasteiger partial charge is 0.317 e. The van der Waals surface area contributed by atoms with E-state index >= 15 is 0 Å². The highest BCUT2D eigenvalue weighted by Crippen LogP contribution is 2.37. The van der Waals surface area contributed by atoms with Crippen molar-refractivity contribution in [2.45, 2.75) is 46.0 Å². The molecular weight excluding hydrogens is 268 g/mol. The molecule has 1 aromatic carbocycles. The fraction of sp³-hybridized carbons (Fsp3) is 0.667. The molecule has 0 aliphatic heterocycles. The van der Waals surface area contributed by atoms with Gasteiger partial charge in [0, 0.05) is 0 Å². The van der Waals surface area contributed by atoms with Crippen molar-refractivity contribution in [3.05, 3.63) is 35.4 Å². The first-order valence-electron chi connectivity index (χ1n) is 8.29. The van der Waals surface area contributed by atoms with Crippen molar-refractivity contribution in [1.29, 1.82) is 0 Å². The van der Waals surface area contributed by atoms with Crippen LogP contribution in [-0.4, -0.2) is 13.1 Å². The third-order valence-corrected chi connectivity index (χ3v) is 5.00. The van der Waals surface area contributed by atoms with Gasteiger partial charge in [-0.2, -0.15) is 0 Å². The van der Waals surface area contributed by atoms with Crippen LogP contribution < -0.4 is 5.32 Å². The maximum absolute atomic E-state index is 13.9. The summed E-state index contributed by atoms with van der Waals surface area (Å²) in [5, 5.41) is 3.42. The van der Waals surface area contributed by atoms with Gasteiger partial charge < -0.3 is 5.32 Å². The molecule has 2 rings (SSSR count). The SMILES string of the molecule is CCNCC1CCC(CC)CC1Cc1cccc(F)c1F. The normalized spacial score (nSPS) is 26.0. The van der Waals surface area contributed by atoms with Crippen molar-refractivity contribution in [1.82, 2.24) is 5.32 Å². The smallest absolute Gasteiger partial charge is 0.162 e. The molecule has 0 amide bonds. The molecule has 1 N–H and O–H groups in total. The van der Waals surface area contributed by atoms with Gasteiger partial charge in [0.15, 0.2) is 11.6 Å². The van der Waals surface area contributed by atoms with Gasteiger partial charge in [0.1, 0.15) is 0 Å². The minimum atomic E-state index is -0.724. The summed E-state index contributed by atoms with van der Waals surface area (Å²) in [5.41, 5.74) is 0.540. The molecule has 3 unspecified atom stereocenters. The molecule has 1 aromatic rings. The zero-order valence-electron chi connectivity index (χ0n) is 13.2. The predicted octanol–water partition coefficient (Wildman–Crippen LogP) is 4.56. The maximum Gasteiger partial charge on any atom is 0.162 e. The van der Waals surface area contributed by atoms with Crippen molar-refractivity contribution in [2.24, 2.45) is 17.8 Å². The molecule has 1 saturated carbocycles. The van der Waals surface area contributed by atoms with E-state index in [9.17, 15) is 8.78 Å². The van der Waals surface area contributed by atoms with Crippen LogP contribution in [0.4, 0.5) is 8.78 Å². The first-order chi connectivity index (χ1) is 10.2. The van der Waals surface area contributed by atoms with Crippen LogP contribution in [0.5, 0.6) is 0 Å². The number of nitrogens with one attached hydrogen (secondary N) is 1. The molecule has 0 saturated heterocycles. The topological polar surface area (TPSA) is 12.0 Å². The summed E-state index contributed by atoms with van der Waals surface area (Å²) < 4.78 is 27.3. The molecule has 0 spiro atoms. The van der Waals surface area contributed by atoms with Crippen LogP contribution >= 0.6 is 0 Å². The highest BCUT2D eigenvalue weighted by atomic mass is 19.2. The second-order valence-electron chi connectivity index (χ2n) is 6.33. The van der Waals surface area contributed by atoms with Crippen LogP contribution in [0.3, 0.4) is 0 Å². The third kappa shape index (κ3) is 4.26. The molecule has 1 nitrogen and oxygen atoms in total. The lowest BCUT2D eigenvalue weighted by Crippen LogP contribution is -2.34. The van der Waals surface area contributed by atoms with E-state index in [2.05, 4.69) is 19.2 Å². The Bertz CT molecular complexity index is 447. The monoisotopic (exact) mass is 295 g/mol. The first kappa shape index (κ1) is 16.4. The molecule has 21 heavy (non-hydrogen) atoms.